The smallest absolute Gasteiger partial charge is 0.417 e. The summed E-state index contributed by atoms with van der Waals surface area (Å²) < 4.78 is 88.2. The highest BCUT2D eigenvalue weighted by Crippen LogP contribution is 2.44. The molecule has 9 nitrogen and oxygen atoms in total. The summed E-state index contributed by atoms with van der Waals surface area (Å²) >= 11 is 0. The first-order chi connectivity index (χ1) is 20.0. The lowest BCUT2D eigenvalue weighted by atomic mass is 9.96. The van der Waals surface area contributed by atoms with Crippen molar-refractivity contribution in [3.05, 3.63) is 28.8 Å². The number of rotatable bonds is 2. The zero-order valence-corrected chi connectivity index (χ0v) is 24.3. The number of halogens is 5. The average Bonchev–Trinajstić information content (AvgIpc) is 3.54. The van der Waals surface area contributed by atoms with E-state index in [4.69, 9.17) is 19.9 Å². The van der Waals surface area contributed by atoms with Crippen molar-refractivity contribution < 1.29 is 36.2 Å². The number of ether oxygens (including phenoxy) is 3. The number of aromatic nitrogens is 3. The number of nitrogens with zero attached hydrogens (tertiary/aromatic N) is 3. The summed E-state index contributed by atoms with van der Waals surface area (Å²) in [7, 11) is 1.27. The molecule has 1 aromatic carbocycles. The van der Waals surface area contributed by atoms with E-state index in [9.17, 15) is 17.6 Å². The predicted molar refractivity (Wildman–Crippen MR) is 151 cm³/mol. The molecule has 0 saturated carbocycles. The summed E-state index contributed by atoms with van der Waals surface area (Å²) in [5.74, 6) is -2.47. The number of hydrogen-bond acceptors (Lipinski definition) is 9. The lowest BCUT2D eigenvalue weighted by Crippen LogP contribution is -2.26. The fraction of sp³-hybridized carbons (Fsp3) is 0.536. The van der Waals surface area contributed by atoms with Crippen molar-refractivity contribution in [2.75, 3.05) is 51.0 Å². The predicted octanol–water partition coefficient (Wildman–Crippen LogP) is 5.88. The zero-order chi connectivity index (χ0) is 31.0. The third kappa shape index (κ3) is 7.46. The number of hydrogen-bond donors (Lipinski definition) is 3. The van der Waals surface area contributed by atoms with Gasteiger partial charge in [-0.05, 0) is 51.3 Å². The molecule has 0 radical (unpaired) electrons. The maximum Gasteiger partial charge on any atom is 0.417 e. The lowest BCUT2D eigenvalue weighted by molar-refractivity contribution is -0.137. The fourth-order valence-electron chi connectivity index (χ4n) is 4.43. The lowest BCUT2D eigenvalue weighted by Gasteiger charge is -2.21. The van der Waals surface area contributed by atoms with E-state index in [1.54, 1.807) is 6.92 Å². The summed E-state index contributed by atoms with van der Waals surface area (Å²) in [4.78, 5) is 12.4. The minimum atomic E-state index is -5.02. The van der Waals surface area contributed by atoms with Crippen molar-refractivity contribution in [1.82, 2.24) is 20.3 Å². The second-order valence-corrected chi connectivity index (χ2v) is 9.40. The third-order valence-electron chi connectivity index (χ3n) is 6.44. The largest absolute Gasteiger partial charge is 0.474 e. The van der Waals surface area contributed by atoms with E-state index in [-0.39, 0.29) is 28.6 Å². The van der Waals surface area contributed by atoms with Gasteiger partial charge < -0.3 is 30.6 Å². The topological polar surface area (TPSA) is 116 Å². The number of benzene rings is 1. The second-order valence-electron chi connectivity index (χ2n) is 9.40. The van der Waals surface area contributed by atoms with Crippen LogP contribution in [-0.4, -0.2) is 61.0 Å². The van der Waals surface area contributed by atoms with Gasteiger partial charge in [0.2, 0.25) is 5.88 Å². The van der Waals surface area contributed by atoms with Gasteiger partial charge in [0.05, 0.1) is 24.5 Å². The van der Waals surface area contributed by atoms with Gasteiger partial charge in [-0.3, -0.25) is 0 Å². The Morgan fingerprint density at radius 3 is 2.31 bits per heavy atom. The van der Waals surface area contributed by atoms with Crippen molar-refractivity contribution in [2.24, 2.45) is 0 Å². The van der Waals surface area contributed by atoms with Crippen molar-refractivity contribution in [1.29, 1.82) is 0 Å². The Kier molecular flexibility index (Phi) is 11.5. The normalized spacial score (nSPS) is 17.0. The maximum absolute atomic E-state index is 15.9. The van der Waals surface area contributed by atoms with Crippen LogP contribution >= 0.6 is 0 Å². The standard InChI is InChI=1S/C22H23F5N6O2.C4H8O.C2H6/c1-9-4-5-29-6-7-30-19-13-18(32-21(33-19)34-3)16(24)17(31-20(13)35-9)11-8-12(28)15(23)10(2)14(11)22(25,26)27;1-2-4-5-3-1;1-2/h8-9,29H,4-7,28H2,1-3H3,(H,30,32,33);1-4H2;1-2H3. The van der Waals surface area contributed by atoms with Gasteiger partial charge in [0.1, 0.15) is 28.2 Å². The van der Waals surface area contributed by atoms with Gasteiger partial charge in [0.15, 0.2) is 5.82 Å². The Morgan fingerprint density at radius 1 is 1.02 bits per heavy atom. The molecule has 4 heterocycles. The summed E-state index contributed by atoms with van der Waals surface area (Å²) in [6, 6.07) is 0.495. The van der Waals surface area contributed by atoms with Crippen LogP contribution in [0.15, 0.2) is 6.07 Å². The van der Waals surface area contributed by atoms with Crippen LogP contribution in [0.2, 0.25) is 0 Å². The van der Waals surface area contributed by atoms with E-state index in [0.29, 0.717) is 32.1 Å². The Hall–Kier alpha value is -3.52. The number of nitrogens with two attached hydrogens (primary N) is 1. The Labute approximate surface area is 241 Å². The van der Waals surface area contributed by atoms with Gasteiger partial charge in [0.25, 0.3) is 0 Å². The second kappa shape index (κ2) is 14.6. The van der Waals surface area contributed by atoms with E-state index >= 15 is 4.39 Å². The van der Waals surface area contributed by atoms with Crippen LogP contribution in [-0.2, 0) is 10.9 Å². The monoisotopic (exact) mass is 600 g/mol. The molecule has 1 unspecified atom stereocenters. The van der Waals surface area contributed by atoms with E-state index in [1.807, 2.05) is 13.8 Å². The summed E-state index contributed by atoms with van der Waals surface area (Å²) in [5.41, 5.74) is 1.04. The summed E-state index contributed by atoms with van der Waals surface area (Å²) in [5, 5.41) is 6.28. The van der Waals surface area contributed by atoms with E-state index in [2.05, 4.69) is 25.6 Å². The minimum Gasteiger partial charge on any atom is -0.474 e. The van der Waals surface area contributed by atoms with Crippen LogP contribution in [0.5, 0.6) is 11.9 Å². The molecule has 1 saturated heterocycles. The molecule has 1 fully saturated rings. The maximum atomic E-state index is 15.9. The highest BCUT2D eigenvalue weighted by atomic mass is 19.4. The van der Waals surface area contributed by atoms with Crippen LogP contribution in [0.4, 0.5) is 33.5 Å². The third-order valence-corrected chi connectivity index (χ3v) is 6.44. The SMILES string of the molecule is C1CCOC1.CC.COc1nc2c3c(nc(-c4cc(N)c(F)c(C)c4C(F)(F)F)c(F)c3n1)OC(C)CCNCCN2. The molecular weight excluding hydrogens is 563 g/mol. The highest BCUT2D eigenvalue weighted by Gasteiger charge is 2.39. The molecule has 14 heteroatoms. The Morgan fingerprint density at radius 2 is 1.71 bits per heavy atom. The molecule has 0 amide bonds. The number of methoxy groups -OCH3 is 1. The molecule has 0 aliphatic carbocycles. The van der Waals surface area contributed by atoms with Crippen LogP contribution in [0.1, 0.15) is 51.2 Å². The van der Waals surface area contributed by atoms with E-state index < -0.39 is 52.0 Å². The Bertz CT molecular complexity index is 1360. The highest BCUT2D eigenvalue weighted by molar-refractivity contribution is 5.96. The van der Waals surface area contributed by atoms with E-state index in [1.165, 1.54) is 20.0 Å². The molecule has 3 aromatic rings. The Balaban J connectivity index is 0.000000615. The first kappa shape index (κ1) is 33.0. The average molecular weight is 601 g/mol. The van der Waals surface area contributed by atoms with Gasteiger partial charge in [0, 0.05) is 31.9 Å². The molecule has 2 aliphatic rings. The number of alkyl halides is 3. The molecule has 42 heavy (non-hydrogen) atoms. The van der Waals surface area contributed by atoms with Crippen molar-refractivity contribution in [3.63, 3.8) is 0 Å². The summed E-state index contributed by atoms with van der Waals surface area (Å²) in [6.45, 7) is 10.2. The van der Waals surface area contributed by atoms with Crippen molar-refractivity contribution in [3.8, 4) is 23.1 Å². The molecule has 4 N–H and O–H groups in total. The number of pyridine rings is 1. The molecule has 232 valence electrons. The zero-order valence-electron chi connectivity index (χ0n) is 24.3. The van der Waals surface area contributed by atoms with Gasteiger partial charge in [-0.25, -0.2) is 13.8 Å². The van der Waals surface area contributed by atoms with Gasteiger partial charge in [-0.2, -0.15) is 23.1 Å². The molecule has 2 aromatic heterocycles. The van der Waals surface area contributed by atoms with Crippen LogP contribution in [0.3, 0.4) is 0 Å². The minimum absolute atomic E-state index is 0.0427. The van der Waals surface area contributed by atoms with Crippen LogP contribution in [0.25, 0.3) is 22.2 Å². The van der Waals surface area contributed by atoms with Crippen molar-refractivity contribution >= 4 is 22.4 Å². The number of nitrogen functional groups attached to an aromatic ring is 1. The first-order valence-corrected chi connectivity index (χ1v) is 13.8. The van der Waals surface area contributed by atoms with Gasteiger partial charge in [-0.1, -0.05) is 13.8 Å². The molecule has 1 atom stereocenters. The van der Waals surface area contributed by atoms with Gasteiger partial charge in [-0.15, -0.1) is 0 Å². The van der Waals surface area contributed by atoms with Crippen LogP contribution < -0.4 is 25.8 Å². The summed E-state index contributed by atoms with van der Waals surface area (Å²) in [6.07, 6.45) is -2.36. The van der Waals surface area contributed by atoms with Crippen LogP contribution in [0, 0.1) is 18.6 Å². The van der Waals surface area contributed by atoms with Gasteiger partial charge >= 0.3 is 12.2 Å². The fourth-order valence-corrected chi connectivity index (χ4v) is 4.43. The number of anilines is 2. The molecular formula is C28H37F5N6O3. The molecule has 0 spiro atoms. The van der Waals surface area contributed by atoms with E-state index in [0.717, 1.165) is 20.1 Å². The number of nitrogens with one attached hydrogen (secondary N) is 2. The van der Waals surface area contributed by atoms with Crippen molar-refractivity contribution in [2.45, 2.75) is 59.2 Å². The molecule has 5 rings (SSSR count). The molecule has 0 bridgehead atoms. The quantitative estimate of drug-likeness (QED) is 0.245. The first-order valence-electron chi connectivity index (χ1n) is 13.8. The molecule has 2 aliphatic heterocycles.